The second-order valence-electron chi connectivity index (χ2n) is 7.89. The highest BCUT2D eigenvalue weighted by atomic mass is 32.1. The van der Waals surface area contributed by atoms with E-state index in [0.717, 1.165) is 28.2 Å². The van der Waals surface area contributed by atoms with Crippen molar-refractivity contribution in [3.05, 3.63) is 64.4 Å². The van der Waals surface area contributed by atoms with Crippen molar-refractivity contribution in [3.63, 3.8) is 0 Å². The largest absolute Gasteiger partial charge is 0.435 e. The number of hydrogen-bond acceptors (Lipinski definition) is 5. The lowest BCUT2D eigenvalue weighted by molar-refractivity contribution is -0.141. The molecule has 0 aliphatic heterocycles. The highest BCUT2D eigenvalue weighted by Crippen LogP contribution is 2.42. The Morgan fingerprint density at radius 3 is 2.36 bits per heavy atom. The average molecular weight is 523 g/mol. The van der Waals surface area contributed by atoms with Crippen molar-refractivity contribution in [2.75, 3.05) is 5.32 Å². The number of hydrogen-bond donors (Lipinski definition) is 2. The lowest BCUT2D eigenvalue weighted by atomic mass is 10.0. The van der Waals surface area contributed by atoms with E-state index in [4.69, 9.17) is 5.73 Å². The molecule has 7 nitrogen and oxygen atoms in total. The number of anilines is 1. The van der Waals surface area contributed by atoms with E-state index in [1.54, 1.807) is 30.3 Å². The van der Waals surface area contributed by atoms with Crippen LogP contribution < -0.4 is 11.1 Å². The summed E-state index contributed by atoms with van der Waals surface area (Å²) in [6, 6.07) is 9.16. The molecule has 3 heterocycles. The number of nitrogens with two attached hydrogens (primary N) is 1. The molecule has 3 N–H and O–H groups in total. The van der Waals surface area contributed by atoms with Gasteiger partial charge in [-0.05, 0) is 37.1 Å². The number of aryl methyl sites for hydroxylation is 1. The maximum Gasteiger partial charge on any atom is 0.435 e. The molecule has 0 saturated carbocycles. The number of benzene rings is 1. The van der Waals surface area contributed by atoms with E-state index in [2.05, 4.69) is 15.4 Å². The minimum absolute atomic E-state index is 0.0398. The van der Waals surface area contributed by atoms with Gasteiger partial charge in [0.1, 0.15) is 21.4 Å². The van der Waals surface area contributed by atoms with Crippen LogP contribution in [0.2, 0.25) is 0 Å². The summed E-state index contributed by atoms with van der Waals surface area (Å²) >= 11 is 0.728. The summed E-state index contributed by atoms with van der Waals surface area (Å²) in [7, 11) is 0. The number of carbonyl (C=O) groups excluding carboxylic acids is 2. The summed E-state index contributed by atoms with van der Waals surface area (Å²) < 4.78 is 67.3. The fraction of sp³-hybridized carbons (Fsp3) is 0.217. The first-order chi connectivity index (χ1) is 16.9. The van der Waals surface area contributed by atoms with Gasteiger partial charge in [-0.3, -0.25) is 14.3 Å². The highest BCUT2D eigenvalue weighted by molar-refractivity contribution is 7.21. The second kappa shape index (κ2) is 9.30. The maximum absolute atomic E-state index is 13.6. The van der Waals surface area contributed by atoms with Crippen LogP contribution in [0.25, 0.3) is 21.3 Å². The monoisotopic (exact) mass is 523 g/mol. The van der Waals surface area contributed by atoms with Gasteiger partial charge in [0.15, 0.2) is 5.69 Å². The van der Waals surface area contributed by atoms with Gasteiger partial charge in [0.2, 0.25) is 5.91 Å². The quantitative estimate of drug-likeness (QED) is 0.316. The number of rotatable bonds is 6. The molecular formula is C23H18F5N5O2S. The minimum Gasteiger partial charge on any atom is -0.365 e. The van der Waals surface area contributed by atoms with Crippen LogP contribution in [0.15, 0.2) is 42.5 Å². The van der Waals surface area contributed by atoms with Crippen LogP contribution in [0.1, 0.15) is 46.1 Å². The Labute approximate surface area is 204 Å². The molecule has 13 heteroatoms. The van der Waals surface area contributed by atoms with Crippen molar-refractivity contribution in [2.45, 2.75) is 32.5 Å². The fourth-order valence-corrected chi connectivity index (χ4v) is 4.74. The van der Waals surface area contributed by atoms with E-state index in [9.17, 15) is 31.5 Å². The van der Waals surface area contributed by atoms with E-state index in [-0.39, 0.29) is 32.0 Å². The van der Waals surface area contributed by atoms with Crippen LogP contribution in [0.4, 0.5) is 27.6 Å². The average Bonchev–Trinajstić information content (AvgIpc) is 3.39. The Kier molecular flexibility index (Phi) is 6.52. The normalized spacial score (nSPS) is 12.8. The lowest BCUT2D eigenvalue weighted by Crippen LogP contribution is -2.26. The summed E-state index contributed by atoms with van der Waals surface area (Å²) in [5.41, 5.74) is 4.63. The summed E-state index contributed by atoms with van der Waals surface area (Å²) in [4.78, 5) is 29.2. The molecular weight excluding hydrogens is 505 g/mol. The molecule has 1 aromatic carbocycles. The second-order valence-corrected chi connectivity index (χ2v) is 8.89. The molecule has 3 aromatic heterocycles. The van der Waals surface area contributed by atoms with Gasteiger partial charge in [0, 0.05) is 11.1 Å². The number of nitrogens with one attached hydrogen (secondary N) is 1. The molecule has 0 fully saturated rings. The molecule has 0 aliphatic rings. The Balaban J connectivity index is 1.85. The lowest BCUT2D eigenvalue weighted by Gasteiger charge is -2.16. The van der Waals surface area contributed by atoms with E-state index in [0.29, 0.717) is 5.56 Å². The third-order valence-electron chi connectivity index (χ3n) is 5.42. The molecule has 188 valence electrons. The van der Waals surface area contributed by atoms with Crippen molar-refractivity contribution in [3.8, 4) is 11.1 Å². The predicted molar refractivity (Wildman–Crippen MR) is 124 cm³/mol. The summed E-state index contributed by atoms with van der Waals surface area (Å²) in [6.45, 7) is 2.70. The van der Waals surface area contributed by atoms with Gasteiger partial charge in [-0.15, -0.1) is 11.3 Å². The first-order valence-corrected chi connectivity index (χ1v) is 11.2. The van der Waals surface area contributed by atoms with Gasteiger partial charge in [-0.2, -0.15) is 18.3 Å². The zero-order chi connectivity index (χ0) is 26.4. The van der Waals surface area contributed by atoms with Gasteiger partial charge in [-0.1, -0.05) is 30.3 Å². The summed E-state index contributed by atoms with van der Waals surface area (Å²) in [5.74, 6) is -1.73. The van der Waals surface area contributed by atoms with Crippen molar-refractivity contribution in [1.82, 2.24) is 14.8 Å². The number of amides is 2. The number of aromatic nitrogens is 3. The molecule has 0 radical (unpaired) electrons. The number of carbonyl (C=O) groups is 2. The molecule has 4 aromatic rings. The zero-order valence-electron chi connectivity index (χ0n) is 18.7. The van der Waals surface area contributed by atoms with Crippen LogP contribution >= 0.6 is 11.3 Å². The number of alkyl halides is 5. The molecule has 0 bridgehead atoms. The first kappa shape index (κ1) is 25.2. The van der Waals surface area contributed by atoms with Crippen molar-refractivity contribution in [1.29, 1.82) is 0 Å². The first-order valence-electron chi connectivity index (χ1n) is 10.4. The van der Waals surface area contributed by atoms with Crippen molar-refractivity contribution in [2.24, 2.45) is 5.73 Å². The van der Waals surface area contributed by atoms with Crippen LogP contribution in [0.5, 0.6) is 0 Å². The molecule has 36 heavy (non-hydrogen) atoms. The highest BCUT2D eigenvalue weighted by Gasteiger charge is 2.35. The number of pyridine rings is 1. The molecule has 0 aliphatic carbocycles. The van der Waals surface area contributed by atoms with Gasteiger partial charge in [0.05, 0.1) is 5.69 Å². The Bertz CT molecular complexity index is 1460. The van der Waals surface area contributed by atoms with Gasteiger partial charge < -0.3 is 11.1 Å². The van der Waals surface area contributed by atoms with E-state index < -0.39 is 41.8 Å². The molecule has 1 unspecified atom stereocenters. The topological polar surface area (TPSA) is 103 Å². The van der Waals surface area contributed by atoms with Crippen LogP contribution in [-0.2, 0) is 11.0 Å². The van der Waals surface area contributed by atoms with Crippen molar-refractivity contribution < 1.29 is 31.5 Å². The smallest absolute Gasteiger partial charge is 0.365 e. The summed E-state index contributed by atoms with van der Waals surface area (Å²) in [6.07, 6.45) is -7.60. The standard InChI is InChI=1S/C23H18F5N5O2S/c1-10-8-15(23(26,27)28)32-33(10)11(2)21(35)31-17-16-13(12-6-4-3-5-7-12)9-14(19(24)25)30-22(16)36-18(17)20(29)34/h3-9,11,19H,1-2H3,(H2,29,34)(H,31,35). The van der Waals surface area contributed by atoms with Crippen LogP contribution in [-0.4, -0.2) is 26.6 Å². The molecule has 2 amide bonds. The van der Waals surface area contributed by atoms with E-state index >= 15 is 0 Å². The third-order valence-corrected chi connectivity index (χ3v) is 6.52. The minimum atomic E-state index is -4.70. The van der Waals surface area contributed by atoms with E-state index in [1.807, 2.05) is 0 Å². The number of nitrogens with zero attached hydrogens (tertiary/aromatic N) is 3. The van der Waals surface area contributed by atoms with Crippen molar-refractivity contribution >= 4 is 39.1 Å². The Hall–Kier alpha value is -3.87. The molecule has 0 spiro atoms. The van der Waals surface area contributed by atoms with Gasteiger partial charge in [0.25, 0.3) is 12.3 Å². The maximum atomic E-state index is 13.6. The third kappa shape index (κ3) is 4.65. The molecule has 0 saturated heterocycles. The number of thiophene rings is 1. The number of halogens is 5. The van der Waals surface area contributed by atoms with E-state index in [1.165, 1.54) is 13.8 Å². The number of fused-ring (bicyclic) bond motifs is 1. The van der Waals surface area contributed by atoms with Gasteiger partial charge >= 0.3 is 6.18 Å². The number of primary amides is 1. The SMILES string of the molecule is Cc1cc(C(F)(F)F)nn1C(C)C(=O)Nc1c(C(N)=O)sc2nc(C(F)F)cc(-c3ccccc3)c12. The Morgan fingerprint density at radius 2 is 1.81 bits per heavy atom. The molecule has 1 atom stereocenters. The predicted octanol–water partition coefficient (Wildman–Crippen LogP) is 5.72. The van der Waals surface area contributed by atoms with Gasteiger partial charge in [-0.25, -0.2) is 13.8 Å². The summed E-state index contributed by atoms with van der Waals surface area (Å²) in [5, 5.41) is 6.25. The zero-order valence-corrected chi connectivity index (χ0v) is 19.5. The molecule has 4 rings (SSSR count). The van der Waals surface area contributed by atoms with Crippen LogP contribution in [0.3, 0.4) is 0 Å². The van der Waals surface area contributed by atoms with Crippen LogP contribution in [0, 0.1) is 6.92 Å². The Morgan fingerprint density at radius 1 is 1.14 bits per heavy atom. The fourth-order valence-electron chi connectivity index (χ4n) is 3.72.